The van der Waals surface area contributed by atoms with Crippen LogP contribution in [0.2, 0.25) is 0 Å². The van der Waals surface area contributed by atoms with Gasteiger partial charge in [-0.15, -0.1) is 0 Å². The van der Waals surface area contributed by atoms with Gasteiger partial charge in [0, 0.05) is 49.2 Å². The Kier molecular flexibility index (Phi) is 24.1. The third-order valence-electron chi connectivity index (χ3n) is 16.3. The van der Waals surface area contributed by atoms with E-state index in [1.807, 2.05) is 0 Å². The van der Waals surface area contributed by atoms with E-state index in [9.17, 15) is 67.2 Å². The van der Waals surface area contributed by atoms with Gasteiger partial charge in [-0.3, -0.25) is 74.0 Å². The Morgan fingerprint density at radius 2 is 0.844 bits per heavy atom. The molecule has 6 aromatic heterocycles. The number of phosphoric acid groups is 4. The lowest BCUT2D eigenvalue weighted by Gasteiger charge is -2.23. The van der Waals surface area contributed by atoms with Crippen molar-refractivity contribution in [3.63, 3.8) is 0 Å². The van der Waals surface area contributed by atoms with Crippen molar-refractivity contribution in [2.75, 3.05) is 51.1 Å². The molecule has 0 spiro atoms. The number of H-pyrrole nitrogens is 2. The summed E-state index contributed by atoms with van der Waals surface area (Å²) in [4.78, 5) is 122. The van der Waals surface area contributed by atoms with Crippen LogP contribution in [0.3, 0.4) is 0 Å². The first-order chi connectivity index (χ1) is 45.7. The number of aliphatic hydroxyl groups is 2. The van der Waals surface area contributed by atoms with Gasteiger partial charge in [0.2, 0.25) is 0 Å². The number of ether oxygens (including phenoxy) is 4. The molecule has 4 aliphatic heterocycles. The van der Waals surface area contributed by atoms with E-state index in [2.05, 4.69) is 39.9 Å². The molecule has 12 N–H and O–H groups in total. The van der Waals surface area contributed by atoms with Crippen LogP contribution < -0.4 is 34.0 Å². The number of rotatable bonds is 35. The summed E-state index contributed by atoms with van der Waals surface area (Å²) in [6, 6.07) is 0. The lowest BCUT2D eigenvalue weighted by Crippen LogP contribution is -2.33. The zero-order valence-electron chi connectivity index (χ0n) is 51.8. The van der Waals surface area contributed by atoms with Gasteiger partial charge in [-0.2, -0.15) is 0 Å². The largest absolute Gasteiger partial charge is 0.472 e. The van der Waals surface area contributed by atoms with Crippen molar-refractivity contribution in [2.45, 2.75) is 177 Å². The summed E-state index contributed by atoms with van der Waals surface area (Å²) < 4.78 is 125. The minimum Gasteiger partial charge on any atom is -0.394 e. The highest BCUT2D eigenvalue weighted by Crippen LogP contribution is 2.53. The van der Waals surface area contributed by atoms with Gasteiger partial charge in [0.1, 0.15) is 91.3 Å². The molecular formula is C52H76N14O26P4. The number of nitrogen functional groups attached to an aromatic ring is 2. The predicted octanol–water partition coefficient (Wildman–Crippen LogP) is 2.59. The van der Waals surface area contributed by atoms with Crippen LogP contribution in [0.4, 0.5) is 11.6 Å². The molecule has 0 aromatic carbocycles. The van der Waals surface area contributed by atoms with E-state index in [0.717, 1.165) is 47.7 Å². The minimum atomic E-state index is -5.08. The Hall–Kier alpha value is -5.74. The molecule has 0 amide bonds. The second-order valence-corrected chi connectivity index (χ2v) is 28.9. The van der Waals surface area contributed by atoms with E-state index in [-0.39, 0.29) is 72.8 Å². The first-order valence-electron chi connectivity index (χ1n) is 30.7. The third kappa shape index (κ3) is 18.6. The normalized spacial score (nSPS) is 27.1. The number of hydrogen-bond acceptors (Lipinski definition) is 30. The molecule has 40 nitrogen and oxygen atoms in total. The van der Waals surface area contributed by atoms with Gasteiger partial charge in [0.05, 0.1) is 58.4 Å². The average molecular weight is 1440 g/mol. The molecule has 4 fully saturated rings. The van der Waals surface area contributed by atoms with Crippen LogP contribution in [0.15, 0.2) is 56.9 Å². The van der Waals surface area contributed by atoms with Gasteiger partial charge in [0.15, 0.2) is 22.9 Å². The summed E-state index contributed by atoms with van der Waals surface area (Å²) in [6.45, 7) is -0.166. The monoisotopic (exact) mass is 1440 g/mol. The van der Waals surface area contributed by atoms with Crippen molar-refractivity contribution >= 4 is 65.3 Å². The van der Waals surface area contributed by atoms with Gasteiger partial charge in [-0.25, -0.2) is 57.8 Å². The summed E-state index contributed by atoms with van der Waals surface area (Å²) >= 11 is 0. The van der Waals surface area contributed by atoms with Crippen LogP contribution in [0.5, 0.6) is 0 Å². The second kappa shape index (κ2) is 31.6. The topological polar surface area (TPSA) is 549 Å². The molecule has 44 heteroatoms. The molecule has 4 unspecified atom stereocenters. The van der Waals surface area contributed by atoms with Crippen molar-refractivity contribution < 1.29 is 103 Å². The van der Waals surface area contributed by atoms with Gasteiger partial charge >= 0.3 is 42.7 Å². The van der Waals surface area contributed by atoms with Gasteiger partial charge in [-0.1, -0.05) is 51.4 Å². The SMILES string of the molecule is Cc1cn([C@H]2C[C@H](OP(=O)(O)OC[C@H]3O[C@@H](n4cc(C)c(=O)[nH]c4=O)C[C@@H]3OP(=O)(O)OCCCCCCCCCCCCOP(=O)(O)OC[C@H]3O[C@@H](n4cnc5c(N)ncnc54)C[C@@H]3OP(=O)(O)OC[C@H]3O[C@@H](n4cnc5c(N)ncnc54)C[C@@H]3O)[C@@H](CO)O2)c(=O)[nH]c1=O. The van der Waals surface area contributed by atoms with Crippen LogP contribution in [-0.2, 0) is 73.4 Å². The summed E-state index contributed by atoms with van der Waals surface area (Å²) in [6.07, 6.45) is 0.0139. The number of nitrogens with one attached hydrogen (secondary N) is 2. The maximum atomic E-state index is 13.5. The maximum absolute atomic E-state index is 13.5. The number of nitrogens with two attached hydrogens (primary N) is 2. The predicted molar refractivity (Wildman–Crippen MR) is 329 cm³/mol. The minimum absolute atomic E-state index is 0.0501. The molecule has 96 heavy (non-hydrogen) atoms. The quantitative estimate of drug-likeness (QED) is 0.0202. The fourth-order valence-corrected chi connectivity index (χ4v) is 15.0. The van der Waals surface area contributed by atoms with Crippen LogP contribution in [0.25, 0.3) is 22.3 Å². The van der Waals surface area contributed by atoms with Crippen molar-refractivity contribution in [2.24, 2.45) is 0 Å². The number of aryl methyl sites for hydroxylation is 2. The van der Waals surface area contributed by atoms with E-state index < -0.39 is 154 Å². The standard InChI is InChI=1S/C52H76N14O26P4/c1-29-19-63(51(71)61-49(29)69)40-16-32(35(21-67)86-40)90-96(79,80)85-24-38-33(17-41(88-38)64-20-30(2)50(70)62-52(64)72)91-94(75,76)82-14-12-10-8-6-4-3-5-7-9-11-13-81-93(73,74)83-23-37-34(18-42(89-37)66-28-60-44-46(54)56-26-58-48(44)66)92-95(77,78)84-22-36-31(68)15-39(87-36)65-27-59-43-45(53)55-25-57-47(43)65/h19-20,25-28,31-42,67-68H,3-18,21-24H2,1-2H3,(H,73,74)(H,75,76)(H,77,78)(H,79,80)(H2,53,55,57)(H2,54,56,58)(H,61,69,71)(H,62,70,72)/t31-,32-,33-,34-,35+,36+,37+,38+,39+,40+,41+,42+/m0/s1. The molecule has 16 atom stereocenters. The zero-order chi connectivity index (χ0) is 68.7. The number of anilines is 2. The Morgan fingerprint density at radius 3 is 1.29 bits per heavy atom. The molecule has 10 heterocycles. The Bertz CT molecular complexity index is 4120. The number of aromatic nitrogens is 12. The third-order valence-corrected chi connectivity index (χ3v) is 20.3. The molecule has 530 valence electrons. The van der Waals surface area contributed by atoms with Crippen molar-refractivity contribution in [1.82, 2.24) is 58.1 Å². The number of hydrogen-bond donors (Lipinski definition) is 10. The summed E-state index contributed by atoms with van der Waals surface area (Å²) in [7, 11) is -19.6. The zero-order valence-corrected chi connectivity index (χ0v) is 55.4. The van der Waals surface area contributed by atoms with Crippen molar-refractivity contribution in [1.29, 1.82) is 0 Å². The molecular weight excluding hydrogens is 1360 g/mol. The van der Waals surface area contributed by atoms with Crippen LogP contribution in [0, 0.1) is 13.8 Å². The van der Waals surface area contributed by atoms with Gasteiger partial charge in [-0.05, 0) is 26.7 Å². The summed E-state index contributed by atoms with van der Waals surface area (Å²) in [5.74, 6) is 0.227. The molecule has 0 aliphatic carbocycles. The van der Waals surface area contributed by atoms with E-state index in [0.29, 0.717) is 36.8 Å². The maximum Gasteiger partial charge on any atom is 0.472 e. The van der Waals surface area contributed by atoms with E-state index in [1.165, 1.54) is 56.1 Å². The molecule has 0 bridgehead atoms. The molecule has 10 rings (SSSR count). The highest BCUT2D eigenvalue weighted by molar-refractivity contribution is 7.48. The first-order valence-corrected chi connectivity index (χ1v) is 36.6. The fourth-order valence-electron chi connectivity index (χ4n) is 11.3. The van der Waals surface area contributed by atoms with Crippen molar-refractivity contribution in [3.8, 4) is 0 Å². The lowest BCUT2D eigenvalue weighted by molar-refractivity contribution is -0.0576. The van der Waals surface area contributed by atoms with E-state index in [1.54, 1.807) is 4.57 Å². The summed E-state index contributed by atoms with van der Waals surface area (Å²) in [5, 5.41) is 20.8. The first kappa shape index (κ1) is 73.0. The summed E-state index contributed by atoms with van der Waals surface area (Å²) in [5.41, 5.74) is 10.4. The highest BCUT2D eigenvalue weighted by atomic mass is 31.2. The van der Waals surface area contributed by atoms with E-state index in [4.69, 9.17) is 66.6 Å². The van der Waals surface area contributed by atoms with Crippen LogP contribution in [-0.4, -0.2) is 176 Å². The Balaban J connectivity index is 0.616. The lowest BCUT2D eigenvalue weighted by atomic mass is 10.1. The van der Waals surface area contributed by atoms with Crippen LogP contribution >= 0.6 is 31.3 Å². The van der Waals surface area contributed by atoms with Gasteiger partial charge in [0.25, 0.3) is 11.1 Å². The van der Waals surface area contributed by atoms with E-state index >= 15 is 0 Å². The number of nitrogens with zero attached hydrogens (tertiary/aromatic N) is 10. The number of imidazole rings is 2. The average Bonchev–Trinajstić information content (AvgIpc) is 1.65. The molecule has 4 aliphatic rings. The fraction of sp³-hybridized carbons (Fsp3) is 0.654. The number of fused-ring (bicyclic) bond motifs is 2. The number of aromatic amines is 2. The number of aliphatic hydroxyl groups excluding tert-OH is 2. The molecule has 0 saturated carbocycles. The van der Waals surface area contributed by atoms with Crippen molar-refractivity contribution in [3.05, 3.63) is 90.5 Å². The highest BCUT2D eigenvalue weighted by Gasteiger charge is 2.48. The second-order valence-electron chi connectivity index (χ2n) is 23.2. The molecule has 0 radical (unpaired) electrons. The van der Waals surface area contributed by atoms with Gasteiger partial charge < -0.3 is 60.2 Å². The smallest absolute Gasteiger partial charge is 0.394 e. The Labute approximate surface area is 543 Å². The Morgan fingerprint density at radius 1 is 0.490 bits per heavy atom. The molecule has 6 aromatic rings. The number of phosphoric ester groups is 4. The number of unbranched alkanes of at least 4 members (excludes halogenated alkanes) is 9. The molecule has 4 saturated heterocycles. The van der Waals surface area contributed by atoms with Crippen LogP contribution in [0.1, 0.15) is 126 Å².